The van der Waals surface area contributed by atoms with Crippen molar-refractivity contribution >= 4 is 10.9 Å². The van der Waals surface area contributed by atoms with E-state index in [4.69, 9.17) is 0 Å². The molecule has 17 heavy (non-hydrogen) atoms. The van der Waals surface area contributed by atoms with E-state index in [9.17, 15) is 0 Å². The molecule has 0 spiro atoms. The summed E-state index contributed by atoms with van der Waals surface area (Å²) in [5, 5.41) is 4.67. The van der Waals surface area contributed by atoms with Crippen LogP contribution in [-0.4, -0.2) is 11.5 Å². The quantitative estimate of drug-likeness (QED) is 0.790. The van der Waals surface area contributed by atoms with Crippen molar-refractivity contribution in [1.29, 1.82) is 0 Å². The highest BCUT2D eigenvalue weighted by molar-refractivity contribution is 5.82. The largest absolute Gasteiger partial charge is 0.310 e. The van der Waals surface area contributed by atoms with Crippen molar-refractivity contribution in [3.05, 3.63) is 54.7 Å². The van der Waals surface area contributed by atoms with E-state index < -0.39 is 0 Å². The Morgan fingerprint density at radius 1 is 1.35 bits per heavy atom. The van der Waals surface area contributed by atoms with Crippen LogP contribution in [0.1, 0.15) is 24.9 Å². The van der Waals surface area contributed by atoms with Crippen molar-refractivity contribution in [2.24, 2.45) is 0 Å². The predicted octanol–water partition coefficient (Wildman–Crippen LogP) is 3.46. The van der Waals surface area contributed by atoms with Crippen LogP contribution < -0.4 is 5.32 Å². The summed E-state index contributed by atoms with van der Waals surface area (Å²) in [5.41, 5.74) is 2.34. The molecular formula is C15H18N2. The minimum atomic E-state index is 0.302. The second kappa shape index (κ2) is 5.60. The molecule has 0 aliphatic rings. The first-order valence-electron chi connectivity index (χ1n) is 6.04. The summed E-state index contributed by atoms with van der Waals surface area (Å²) in [4.78, 5) is 4.49. The number of rotatable bonds is 5. The molecule has 0 amide bonds. The highest BCUT2D eigenvalue weighted by Crippen LogP contribution is 2.24. The molecule has 0 bridgehead atoms. The molecule has 1 N–H and O–H groups in total. The van der Waals surface area contributed by atoms with Crippen LogP contribution in [0.4, 0.5) is 0 Å². The summed E-state index contributed by atoms with van der Waals surface area (Å²) in [6, 6.07) is 10.7. The number of nitrogens with one attached hydrogen (secondary N) is 1. The third kappa shape index (κ3) is 2.53. The lowest BCUT2D eigenvalue weighted by molar-refractivity contribution is 0.562. The van der Waals surface area contributed by atoms with Crippen LogP contribution in [0.3, 0.4) is 0 Å². The molecule has 2 nitrogen and oxygen atoms in total. The van der Waals surface area contributed by atoms with Gasteiger partial charge in [0.05, 0.1) is 5.52 Å². The van der Waals surface area contributed by atoms with Gasteiger partial charge in [0.25, 0.3) is 0 Å². The van der Waals surface area contributed by atoms with E-state index in [-0.39, 0.29) is 0 Å². The fourth-order valence-corrected chi connectivity index (χ4v) is 2.14. The number of aromatic nitrogens is 1. The number of para-hydroxylation sites is 1. The zero-order valence-electron chi connectivity index (χ0n) is 10.2. The Labute approximate surface area is 102 Å². The van der Waals surface area contributed by atoms with Gasteiger partial charge in [-0.3, -0.25) is 4.98 Å². The van der Waals surface area contributed by atoms with Gasteiger partial charge < -0.3 is 5.32 Å². The summed E-state index contributed by atoms with van der Waals surface area (Å²) in [7, 11) is 0. The first-order chi connectivity index (χ1) is 8.36. The molecule has 0 aliphatic heterocycles. The molecule has 0 fully saturated rings. The number of fused-ring (bicyclic) bond motifs is 1. The number of hydrogen-bond acceptors (Lipinski definition) is 2. The molecule has 1 atom stereocenters. The van der Waals surface area contributed by atoms with E-state index >= 15 is 0 Å². The van der Waals surface area contributed by atoms with Gasteiger partial charge in [-0.15, -0.1) is 6.58 Å². The predicted molar refractivity (Wildman–Crippen MR) is 73.0 cm³/mol. The molecule has 1 aromatic carbocycles. The Hall–Kier alpha value is -1.67. The van der Waals surface area contributed by atoms with Crippen molar-refractivity contribution in [2.45, 2.75) is 19.4 Å². The third-order valence-electron chi connectivity index (χ3n) is 2.89. The molecule has 2 heteroatoms. The van der Waals surface area contributed by atoms with Gasteiger partial charge in [-0.05, 0) is 24.6 Å². The fraction of sp³-hybridized carbons (Fsp3) is 0.267. The highest BCUT2D eigenvalue weighted by Gasteiger charge is 2.12. The van der Waals surface area contributed by atoms with Crippen LogP contribution >= 0.6 is 0 Å². The van der Waals surface area contributed by atoms with Gasteiger partial charge in [0.1, 0.15) is 0 Å². The normalized spacial score (nSPS) is 12.5. The Kier molecular flexibility index (Phi) is 3.89. The molecule has 88 valence electrons. The van der Waals surface area contributed by atoms with Gasteiger partial charge in [-0.25, -0.2) is 0 Å². The number of nitrogens with zero attached hydrogens (tertiary/aromatic N) is 1. The molecule has 1 heterocycles. The van der Waals surface area contributed by atoms with E-state index in [0.717, 1.165) is 18.5 Å². The van der Waals surface area contributed by atoms with E-state index in [1.54, 1.807) is 0 Å². The smallest absolute Gasteiger partial charge is 0.0749 e. The maximum Gasteiger partial charge on any atom is 0.0749 e. The highest BCUT2D eigenvalue weighted by atomic mass is 14.9. The van der Waals surface area contributed by atoms with Crippen LogP contribution in [-0.2, 0) is 0 Å². The molecule has 1 aromatic heterocycles. The number of pyridine rings is 1. The molecule has 2 rings (SSSR count). The molecular weight excluding hydrogens is 208 g/mol. The van der Waals surface area contributed by atoms with E-state index in [2.05, 4.69) is 48.1 Å². The first-order valence-corrected chi connectivity index (χ1v) is 6.04. The van der Waals surface area contributed by atoms with Crippen molar-refractivity contribution in [3.8, 4) is 0 Å². The van der Waals surface area contributed by atoms with Gasteiger partial charge in [-0.2, -0.15) is 0 Å². The third-order valence-corrected chi connectivity index (χ3v) is 2.89. The van der Waals surface area contributed by atoms with Gasteiger partial charge in [0, 0.05) is 17.6 Å². The summed E-state index contributed by atoms with van der Waals surface area (Å²) in [5.74, 6) is 0. The standard InChI is InChI=1S/C15H18N2/c1-3-7-14(16-4-2)13-10-5-8-12-9-6-11-17-15(12)13/h3,5-6,8-11,14,16H,1,4,7H2,2H3. The SMILES string of the molecule is C=CCC(NCC)c1cccc2cccnc12. The number of hydrogen-bond donors (Lipinski definition) is 1. The topological polar surface area (TPSA) is 24.9 Å². The van der Waals surface area contributed by atoms with Crippen molar-refractivity contribution < 1.29 is 0 Å². The summed E-state index contributed by atoms with van der Waals surface area (Å²) in [6.45, 7) is 6.89. The minimum Gasteiger partial charge on any atom is -0.310 e. The first kappa shape index (κ1) is 11.8. The zero-order valence-corrected chi connectivity index (χ0v) is 10.2. The van der Waals surface area contributed by atoms with Crippen LogP contribution in [0.15, 0.2) is 49.2 Å². The lowest BCUT2D eigenvalue weighted by atomic mass is 10.00. The Morgan fingerprint density at radius 3 is 2.94 bits per heavy atom. The van der Waals surface area contributed by atoms with Gasteiger partial charge >= 0.3 is 0 Å². The molecule has 0 saturated heterocycles. The molecule has 2 aromatic rings. The summed E-state index contributed by atoms with van der Waals surface area (Å²) < 4.78 is 0. The van der Waals surface area contributed by atoms with E-state index in [1.165, 1.54) is 10.9 Å². The maximum atomic E-state index is 4.49. The number of benzene rings is 1. The second-order valence-electron chi connectivity index (χ2n) is 4.06. The van der Waals surface area contributed by atoms with Crippen LogP contribution in [0, 0.1) is 0 Å². The Morgan fingerprint density at radius 2 is 2.18 bits per heavy atom. The van der Waals surface area contributed by atoms with Gasteiger partial charge in [0.2, 0.25) is 0 Å². The van der Waals surface area contributed by atoms with Gasteiger partial charge in [0.15, 0.2) is 0 Å². The van der Waals surface area contributed by atoms with E-state index in [1.807, 2.05) is 18.3 Å². The Bertz CT molecular complexity index is 500. The van der Waals surface area contributed by atoms with Crippen molar-refractivity contribution in [3.63, 3.8) is 0 Å². The molecule has 0 saturated carbocycles. The average Bonchev–Trinajstić information content (AvgIpc) is 2.38. The van der Waals surface area contributed by atoms with Crippen molar-refractivity contribution in [1.82, 2.24) is 10.3 Å². The zero-order chi connectivity index (χ0) is 12.1. The summed E-state index contributed by atoms with van der Waals surface area (Å²) >= 11 is 0. The fourth-order valence-electron chi connectivity index (χ4n) is 2.14. The van der Waals surface area contributed by atoms with Crippen molar-refractivity contribution in [2.75, 3.05) is 6.54 Å². The molecule has 0 radical (unpaired) electrons. The van der Waals surface area contributed by atoms with Gasteiger partial charge in [-0.1, -0.05) is 37.3 Å². The lowest BCUT2D eigenvalue weighted by Gasteiger charge is -2.17. The monoisotopic (exact) mass is 226 g/mol. The maximum absolute atomic E-state index is 4.49. The summed E-state index contributed by atoms with van der Waals surface area (Å²) in [6.07, 6.45) is 4.72. The second-order valence-corrected chi connectivity index (χ2v) is 4.06. The molecule has 0 aliphatic carbocycles. The lowest BCUT2D eigenvalue weighted by Crippen LogP contribution is -2.20. The Balaban J connectivity index is 2.48. The van der Waals surface area contributed by atoms with Crippen LogP contribution in [0.5, 0.6) is 0 Å². The average molecular weight is 226 g/mol. The minimum absolute atomic E-state index is 0.302. The van der Waals surface area contributed by atoms with Crippen LogP contribution in [0.25, 0.3) is 10.9 Å². The van der Waals surface area contributed by atoms with E-state index in [0.29, 0.717) is 6.04 Å². The molecule has 1 unspecified atom stereocenters. The van der Waals surface area contributed by atoms with Crippen LogP contribution in [0.2, 0.25) is 0 Å².